The minimum absolute atomic E-state index is 0.0665. The average Bonchev–Trinajstić information content (AvgIpc) is 3.33. The molecule has 0 unspecified atom stereocenters. The summed E-state index contributed by atoms with van der Waals surface area (Å²) >= 11 is 6.12. The SMILES string of the molecule is CC(=O)N1CCc2cc(S(=O)(=O)NCc3nc(-c4ccccc4Cl)no3)ccc21. The number of benzene rings is 2. The van der Waals surface area contributed by atoms with Crippen LogP contribution in [0.25, 0.3) is 11.4 Å². The van der Waals surface area contributed by atoms with E-state index in [0.717, 1.165) is 11.3 Å². The van der Waals surface area contributed by atoms with Crippen molar-refractivity contribution in [1.29, 1.82) is 0 Å². The van der Waals surface area contributed by atoms with E-state index in [1.54, 1.807) is 41.3 Å². The lowest BCUT2D eigenvalue weighted by Gasteiger charge is -2.14. The Morgan fingerprint density at radius 1 is 1.28 bits per heavy atom. The number of carbonyl (C=O) groups is 1. The van der Waals surface area contributed by atoms with Crippen molar-refractivity contribution < 1.29 is 17.7 Å². The van der Waals surface area contributed by atoms with Crippen molar-refractivity contribution in [3.8, 4) is 11.4 Å². The van der Waals surface area contributed by atoms with E-state index in [0.29, 0.717) is 23.6 Å². The summed E-state index contributed by atoms with van der Waals surface area (Å²) in [6.07, 6.45) is 0.614. The summed E-state index contributed by atoms with van der Waals surface area (Å²) in [5.41, 5.74) is 2.17. The molecule has 2 heterocycles. The van der Waals surface area contributed by atoms with Crippen molar-refractivity contribution >= 4 is 33.2 Å². The van der Waals surface area contributed by atoms with Crippen molar-refractivity contribution in [2.75, 3.05) is 11.4 Å². The maximum Gasteiger partial charge on any atom is 0.242 e. The molecule has 0 fully saturated rings. The predicted octanol–water partition coefficient (Wildman–Crippen LogP) is 2.78. The first-order valence-corrected chi connectivity index (χ1v) is 10.7. The molecule has 2 aromatic carbocycles. The molecule has 3 aromatic rings. The van der Waals surface area contributed by atoms with Crippen LogP contribution in [-0.4, -0.2) is 31.0 Å². The van der Waals surface area contributed by atoms with Gasteiger partial charge in [0.1, 0.15) is 0 Å². The van der Waals surface area contributed by atoms with Crippen LogP contribution in [0.1, 0.15) is 18.4 Å². The van der Waals surface area contributed by atoms with E-state index in [9.17, 15) is 13.2 Å². The van der Waals surface area contributed by atoms with E-state index in [-0.39, 0.29) is 29.1 Å². The third-order valence-corrected chi connectivity index (χ3v) is 6.36. The molecule has 150 valence electrons. The van der Waals surface area contributed by atoms with Gasteiger partial charge in [0.15, 0.2) is 0 Å². The van der Waals surface area contributed by atoms with Crippen LogP contribution in [-0.2, 0) is 27.8 Å². The Morgan fingerprint density at radius 2 is 2.07 bits per heavy atom. The molecule has 10 heteroatoms. The zero-order valence-corrected chi connectivity index (χ0v) is 17.0. The second-order valence-corrected chi connectivity index (χ2v) is 8.70. The van der Waals surface area contributed by atoms with E-state index in [2.05, 4.69) is 14.9 Å². The lowest BCUT2D eigenvalue weighted by Crippen LogP contribution is -2.26. The van der Waals surface area contributed by atoms with Gasteiger partial charge < -0.3 is 9.42 Å². The molecule has 4 rings (SSSR count). The summed E-state index contributed by atoms with van der Waals surface area (Å²) in [5, 5.41) is 4.32. The van der Waals surface area contributed by atoms with Crippen molar-refractivity contribution in [2.24, 2.45) is 0 Å². The van der Waals surface area contributed by atoms with Gasteiger partial charge in [0.25, 0.3) is 0 Å². The molecule has 0 spiro atoms. The van der Waals surface area contributed by atoms with Crippen LogP contribution in [0.15, 0.2) is 51.9 Å². The fraction of sp³-hybridized carbons (Fsp3) is 0.211. The monoisotopic (exact) mass is 432 g/mol. The molecule has 0 saturated carbocycles. The normalized spacial score (nSPS) is 13.5. The summed E-state index contributed by atoms with van der Waals surface area (Å²) < 4.78 is 32.9. The van der Waals surface area contributed by atoms with Gasteiger partial charge in [-0.25, -0.2) is 13.1 Å². The highest BCUT2D eigenvalue weighted by atomic mass is 35.5. The van der Waals surface area contributed by atoms with Crippen molar-refractivity contribution in [3.63, 3.8) is 0 Å². The third kappa shape index (κ3) is 3.89. The van der Waals surface area contributed by atoms with E-state index >= 15 is 0 Å². The van der Waals surface area contributed by atoms with Crippen LogP contribution in [0.3, 0.4) is 0 Å². The molecule has 1 aliphatic heterocycles. The third-order valence-electron chi connectivity index (χ3n) is 4.63. The predicted molar refractivity (Wildman–Crippen MR) is 107 cm³/mol. The fourth-order valence-corrected chi connectivity index (χ4v) is 4.44. The highest BCUT2D eigenvalue weighted by molar-refractivity contribution is 7.89. The number of fused-ring (bicyclic) bond motifs is 1. The first-order chi connectivity index (χ1) is 13.8. The Hall–Kier alpha value is -2.75. The molecule has 1 N–H and O–H groups in total. The number of amides is 1. The second-order valence-electron chi connectivity index (χ2n) is 6.53. The molecule has 1 aliphatic rings. The van der Waals surface area contributed by atoms with Gasteiger partial charge in [-0.05, 0) is 42.3 Å². The van der Waals surface area contributed by atoms with Gasteiger partial charge in [-0.1, -0.05) is 28.9 Å². The molecule has 0 saturated heterocycles. The number of nitrogens with zero attached hydrogens (tertiary/aromatic N) is 3. The van der Waals surface area contributed by atoms with Crippen LogP contribution in [0, 0.1) is 0 Å². The molecule has 0 radical (unpaired) electrons. The van der Waals surface area contributed by atoms with Gasteiger partial charge in [-0.3, -0.25) is 4.79 Å². The number of hydrogen-bond donors (Lipinski definition) is 1. The van der Waals surface area contributed by atoms with E-state index < -0.39 is 10.0 Å². The molecule has 0 aliphatic carbocycles. The summed E-state index contributed by atoms with van der Waals surface area (Å²) in [6.45, 7) is 1.88. The van der Waals surface area contributed by atoms with Crippen LogP contribution < -0.4 is 9.62 Å². The van der Waals surface area contributed by atoms with Gasteiger partial charge >= 0.3 is 0 Å². The number of aromatic nitrogens is 2. The average molecular weight is 433 g/mol. The summed E-state index contributed by atoms with van der Waals surface area (Å²) in [5.74, 6) is 0.335. The Kier molecular flexibility index (Phi) is 5.12. The molecular formula is C19H17ClN4O4S. The molecular weight excluding hydrogens is 416 g/mol. The number of nitrogens with one attached hydrogen (secondary N) is 1. The van der Waals surface area contributed by atoms with Gasteiger partial charge in [0, 0.05) is 24.7 Å². The lowest BCUT2D eigenvalue weighted by atomic mass is 10.2. The maximum atomic E-state index is 12.6. The Morgan fingerprint density at radius 3 is 2.83 bits per heavy atom. The summed E-state index contributed by atoms with van der Waals surface area (Å²) in [7, 11) is -3.79. The Bertz CT molecular complexity index is 1190. The summed E-state index contributed by atoms with van der Waals surface area (Å²) in [4.78, 5) is 17.6. The van der Waals surface area contributed by atoms with E-state index in [1.165, 1.54) is 13.0 Å². The molecule has 1 amide bonds. The molecule has 29 heavy (non-hydrogen) atoms. The second kappa shape index (κ2) is 7.58. The number of sulfonamides is 1. The minimum atomic E-state index is -3.79. The first-order valence-electron chi connectivity index (χ1n) is 8.83. The van der Waals surface area contributed by atoms with Crippen molar-refractivity contribution in [2.45, 2.75) is 24.8 Å². The molecule has 0 atom stereocenters. The fourth-order valence-electron chi connectivity index (χ4n) is 3.19. The first kappa shape index (κ1) is 19.6. The number of halogens is 1. The van der Waals surface area contributed by atoms with Gasteiger partial charge in [-0.15, -0.1) is 0 Å². The molecule has 0 bridgehead atoms. The lowest BCUT2D eigenvalue weighted by molar-refractivity contribution is -0.116. The Balaban J connectivity index is 1.49. The van der Waals surface area contributed by atoms with Gasteiger partial charge in [0.2, 0.25) is 27.6 Å². The maximum absolute atomic E-state index is 12.6. The van der Waals surface area contributed by atoms with Crippen molar-refractivity contribution in [1.82, 2.24) is 14.9 Å². The van der Waals surface area contributed by atoms with Crippen molar-refractivity contribution in [3.05, 3.63) is 58.9 Å². The number of carbonyl (C=O) groups excluding carboxylic acids is 1. The summed E-state index contributed by atoms with van der Waals surface area (Å²) in [6, 6.07) is 11.7. The van der Waals surface area contributed by atoms with Crippen LogP contribution in [0.5, 0.6) is 0 Å². The largest absolute Gasteiger partial charge is 0.338 e. The molecule has 8 nitrogen and oxygen atoms in total. The van der Waals surface area contributed by atoms with E-state index in [1.807, 2.05) is 0 Å². The number of anilines is 1. The number of rotatable bonds is 5. The quantitative estimate of drug-likeness (QED) is 0.664. The number of hydrogen-bond acceptors (Lipinski definition) is 6. The smallest absolute Gasteiger partial charge is 0.242 e. The van der Waals surface area contributed by atoms with Gasteiger partial charge in [-0.2, -0.15) is 4.98 Å². The van der Waals surface area contributed by atoms with E-state index in [4.69, 9.17) is 16.1 Å². The highest BCUT2D eigenvalue weighted by Crippen LogP contribution is 2.30. The standard InChI is InChI=1S/C19H17ClN4O4S/c1-12(25)24-9-8-13-10-14(6-7-17(13)24)29(26,27)21-11-18-22-19(23-28-18)15-4-2-3-5-16(15)20/h2-7,10,21H,8-9,11H2,1H3. The van der Waals surface area contributed by atoms with Crippen LogP contribution >= 0.6 is 11.6 Å². The zero-order chi connectivity index (χ0) is 20.6. The van der Waals surface area contributed by atoms with Crippen LogP contribution in [0.4, 0.5) is 5.69 Å². The minimum Gasteiger partial charge on any atom is -0.338 e. The Labute approximate surface area is 172 Å². The van der Waals surface area contributed by atoms with Gasteiger partial charge in [0.05, 0.1) is 16.5 Å². The molecule has 1 aromatic heterocycles. The zero-order valence-electron chi connectivity index (χ0n) is 15.4. The highest BCUT2D eigenvalue weighted by Gasteiger charge is 2.25. The topological polar surface area (TPSA) is 105 Å². The van der Waals surface area contributed by atoms with Crippen LogP contribution in [0.2, 0.25) is 5.02 Å².